The Morgan fingerprint density at radius 1 is 1.08 bits per heavy atom. The normalized spacial score (nSPS) is 12.8. The van der Waals surface area contributed by atoms with Crippen molar-refractivity contribution in [1.29, 1.82) is 0 Å². The molecule has 1 aliphatic heterocycles. The molecule has 0 spiro atoms. The van der Waals surface area contributed by atoms with Gasteiger partial charge in [0.2, 0.25) is 0 Å². The molecule has 2 aromatic heterocycles. The molecule has 0 atom stereocenters. The van der Waals surface area contributed by atoms with E-state index in [1.54, 1.807) is 35.5 Å². The molecule has 3 aromatic rings. The Morgan fingerprint density at radius 2 is 1.96 bits per heavy atom. The Morgan fingerprint density at radius 3 is 2.69 bits per heavy atom. The number of carbonyl (C=O) groups is 2. The van der Waals surface area contributed by atoms with Crippen molar-refractivity contribution in [2.75, 3.05) is 4.90 Å². The highest BCUT2D eigenvalue weighted by atomic mass is 16.2. The number of aromatic nitrogens is 2. The summed E-state index contributed by atoms with van der Waals surface area (Å²) in [5.74, 6) is 0.381. The molecule has 0 saturated heterocycles. The molecule has 2 amide bonds. The topological polar surface area (TPSA) is 75.2 Å². The molecular weight excluding hydrogens is 328 g/mol. The van der Waals surface area contributed by atoms with E-state index in [1.807, 2.05) is 30.3 Å². The van der Waals surface area contributed by atoms with Crippen LogP contribution in [0.2, 0.25) is 0 Å². The van der Waals surface area contributed by atoms with Gasteiger partial charge < -0.3 is 5.32 Å². The fraction of sp³-hybridized carbons (Fsp3) is 0.100. The molecule has 128 valence electrons. The first kappa shape index (κ1) is 16.0. The summed E-state index contributed by atoms with van der Waals surface area (Å²) >= 11 is 0. The van der Waals surface area contributed by atoms with Crippen LogP contribution >= 0.6 is 0 Å². The van der Waals surface area contributed by atoms with Crippen LogP contribution in [0.5, 0.6) is 0 Å². The predicted molar refractivity (Wildman–Crippen MR) is 96.6 cm³/mol. The average molecular weight is 344 g/mol. The van der Waals surface area contributed by atoms with Crippen LogP contribution in [0.4, 0.5) is 5.82 Å². The van der Waals surface area contributed by atoms with Crippen LogP contribution in [-0.2, 0) is 13.1 Å². The van der Waals surface area contributed by atoms with Gasteiger partial charge in [-0.1, -0.05) is 24.3 Å². The third-order valence-corrected chi connectivity index (χ3v) is 4.28. The van der Waals surface area contributed by atoms with Gasteiger partial charge in [0.05, 0.1) is 12.1 Å². The summed E-state index contributed by atoms with van der Waals surface area (Å²) in [6, 6.07) is 14.7. The fourth-order valence-corrected chi connectivity index (χ4v) is 2.90. The van der Waals surface area contributed by atoms with Crippen LogP contribution in [0.15, 0.2) is 67.1 Å². The van der Waals surface area contributed by atoms with Gasteiger partial charge in [-0.3, -0.25) is 19.5 Å². The Hall–Kier alpha value is -3.54. The van der Waals surface area contributed by atoms with Crippen molar-refractivity contribution in [3.05, 3.63) is 89.4 Å². The van der Waals surface area contributed by atoms with Crippen LogP contribution in [0, 0.1) is 0 Å². The third-order valence-electron chi connectivity index (χ3n) is 4.28. The molecule has 26 heavy (non-hydrogen) atoms. The monoisotopic (exact) mass is 344 g/mol. The van der Waals surface area contributed by atoms with E-state index in [0.29, 0.717) is 24.5 Å². The number of nitrogens with one attached hydrogen (secondary N) is 1. The second kappa shape index (κ2) is 6.76. The quantitative estimate of drug-likeness (QED) is 0.789. The molecule has 0 unspecified atom stereocenters. The minimum absolute atomic E-state index is 0.0364. The zero-order valence-corrected chi connectivity index (χ0v) is 13.9. The number of hydrogen-bond donors (Lipinski definition) is 1. The number of anilines is 1. The Kier molecular flexibility index (Phi) is 4.15. The van der Waals surface area contributed by atoms with Crippen molar-refractivity contribution in [3.63, 3.8) is 0 Å². The Bertz CT molecular complexity index is 955. The molecule has 0 bridgehead atoms. The van der Waals surface area contributed by atoms with E-state index in [1.165, 1.54) is 6.20 Å². The van der Waals surface area contributed by atoms with Crippen molar-refractivity contribution in [2.45, 2.75) is 13.1 Å². The van der Waals surface area contributed by atoms with E-state index in [2.05, 4.69) is 15.3 Å². The van der Waals surface area contributed by atoms with E-state index in [-0.39, 0.29) is 11.8 Å². The van der Waals surface area contributed by atoms with Gasteiger partial charge in [0, 0.05) is 30.7 Å². The van der Waals surface area contributed by atoms with Crippen LogP contribution in [0.1, 0.15) is 31.8 Å². The maximum atomic E-state index is 12.5. The van der Waals surface area contributed by atoms with Crippen molar-refractivity contribution in [3.8, 4) is 0 Å². The number of pyridine rings is 2. The number of hydrogen-bond acceptors (Lipinski definition) is 4. The summed E-state index contributed by atoms with van der Waals surface area (Å²) in [5.41, 5.74) is 3.10. The van der Waals surface area contributed by atoms with E-state index in [9.17, 15) is 9.59 Å². The lowest BCUT2D eigenvalue weighted by Crippen LogP contribution is -2.25. The van der Waals surface area contributed by atoms with Gasteiger partial charge in [0.1, 0.15) is 5.82 Å². The first-order chi connectivity index (χ1) is 12.7. The van der Waals surface area contributed by atoms with Gasteiger partial charge in [0.15, 0.2) is 0 Å². The van der Waals surface area contributed by atoms with Gasteiger partial charge in [-0.15, -0.1) is 0 Å². The second-order valence-corrected chi connectivity index (χ2v) is 6.00. The summed E-state index contributed by atoms with van der Waals surface area (Å²) < 4.78 is 0. The van der Waals surface area contributed by atoms with E-state index >= 15 is 0 Å². The summed E-state index contributed by atoms with van der Waals surface area (Å²) in [6.07, 6.45) is 4.82. The van der Waals surface area contributed by atoms with Gasteiger partial charge in [0.25, 0.3) is 11.8 Å². The van der Waals surface area contributed by atoms with Crippen LogP contribution in [0.3, 0.4) is 0 Å². The maximum absolute atomic E-state index is 12.5. The standard InChI is InChI=1S/C20H16N4O2/c25-19(15-5-3-9-21-12-15)23-11-14-7-8-18(22-10-14)24-13-16-4-1-2-6-17(16)20(24)26/h1-10,12H,11,13H2,(H,23,25). The number of fused-ring (bicyclic) bond motifs is 1. The molecule has 6 heteroatoms. The van der Waals surface area contributed by atoms with Gasteiger partial charge >= 0.3 is 0 Å². The molecule has 4 rings (SSSR count). The number of nitrogens with zero attached hydrogens (tertiary/aromatic N) is 3. The molecule has 6 nitrogen and oxygen atoms in total. The van der Waals surface area contributed by atoms with Crippen molar-refractivity contribution >= 4 is 17.6 Å². The lowest BCUT2D eigenvalue weighted by Gasteiger charge is -2.15. The summed E-state index contributed by atoms with van der Waals surface area (Å²) in [5, 5.41) is 2.83. The molecule has 0 fully saturated rings. The zero-order chi connectivity index (χ0) is 17.9. The molecule has 3 heterocycles. The molecular formula is C20H16N4O2. The van der Waals surface area contributed by atoms with Gasteiger partial charge in [-0.2, -0.15) is 0 Å². The smallest absolute Gasteiger partial charge is 0.260 e. The minimum atomic E-state index is -0.188. The average Bonchev–Trinajstić information content (AvgIpc) is 3.04. The number of rotatable bonds is 4. The number of benzene rings is 1. The third kappa shape index (κ3) is 3.04. The lowest BCUT2D eigenvalue weighted by molar-refractivity contribution is 0.0949. The first-order valence-electron chi connectivity index (χ1n) is 8.25. The van der Waals surface area contributed by atoms with Crippen LogP contribution < -0.4 is 10.2 Å². The summed E-state index contributed by atoms with van der Waals surface area (Å²) in [4.78, 5) is 34.5. The lowest BCUT2D eigenvalue weighted by atomic mass is 10.1. The highest BCUT2D eigenvalue weighted by Gasteiger charge is 2.28. The minimum Gasteiger partial charge on any atom is -0.348 e. The summed E-state index contributed by atoms with van der Waals surface area (Å²) in [6.45, 7) is 0.883. The van der Waals surface area contributed by atoms with E-state index < -0.39 is 0 Å². The second-order valence-electron chi connectivity index (χ2n) is 6.00. The first-order valence-corrected chi connectivity index (χ1v) is 8.25. The largest absolute Gasteiger partial charge is 0.348 e. The fourth-order valence-electron chi connectivity index (χ4n) is 2.90. The highest BCUT2D eigenvalue weighted by Crippen LogP contribution is 2.26. The van der Waals surface area contributed by atoms with E-state index in [4.69, 9.17) is 0 Å². The van der Waals surface area contributed by atoms with Crippen LogP contribution in [0.25, 0.3) is 0 Å². The van der Waals surface area contributed by atoms with Gasteiger partial charge in [-0.25, -0.2) is 4.98 Å². The van der Waals surface area contributed by atoms with Crippen molar-refractivity contribution in [1.82, 2.24) is 15.3 Å². The molecule has 1 N–H and O–H groups in total. The molecule has 1 aromatic carbocycles. The Balaban J connectivity index is 1.42. The highest BCUT2D eigenvalue weighted by molar-refractivity contribution is 6.09. The SMILES string of the molecule is O=C(NCc1ccc(N2Cc3ccccc3C2=O)nc1)c1cccnc1. The van der Waals surface area contributed by atoms with Crippen LogP contribution in [-0.4, -0.2) is 21.8 Å². The maximum Gasteiger partial charge on any atom is 0.260 e. The molecule has 1 aliphatic rings. The summed E-state index contributed by atoms with van der Waals surface area (Å²) in [7, 11) is 0. The zero-order valence-electron chi connectivity index (χ0n) is 13.9. The number of amides is 2. The molecule has 0 aliphatic carbocycles. The van der Waals surface area contributed by atoms with Crippen molar-refractivity contribution < 1.29 is 9.59 Å². The Labute approximate surface area is 150 Å². The van der Waals surface area contributed by atoms with Gasteiger partial charge in [-0.05, 0) is 35.4 Å². The molecule has 0 saturated carbocycles. The predicted octanol–water partition coefficient (Wildman–Crippen LogP) is 2.57. The van der Waals surface area contributed by atoms with Crippen molar-refractivity contribution in [2.24, 2.45) is 0 Å². The molecule has 0 radical (unpaired) electrons. The number of carbonyl (C=O) groups excluding carboxylic acids is 2. The van der Waals surface area contributed by atoms with E-state index in [0.717, 1.165) is 16.7 Å².